The molecule has 0 spiro atoms. The molecular formula is C20H31N5O5. The maximum absolute atomic E-state index is 12.8. The van der Waals surface area contributed by atoms with Crippen molar-refractivity contribution < 1.29 is 24.2 Å². The molecule has 10 heteroatoms. The Labute approximate surface area is 176 Å². The number of aliphatic carboxylic acids is 1. The van der Waals surface area contributed by atoms with Crippen LogP contribution in [0.3, 0.4) is 0 Å². The Morgan fingerprint density at radius 3 is 2.30 bits per heavy atom. The molecule has 0 aliphatic rings. The van der Waals surface area contributed by atoms with E-state index in [-0.39, 0.29) is 18.8 Å². The quantitative estimate of drug-likeness (QED) is 0.186. The van der Waals surface area contributed by atoms with Gasteiger partial charge < -0.3 is 31.5 Å². The van der Waals surface area contributed by atoms with Crippen molar-refractivity contribution in [2.75, 3.05) is 6.54 Å². The molecule has 0 aliphatic carbocycles. The molecule has 1 aromatic rings. The lowest BCUT2D eigenvalue weighted by atomic mass is 10.0. The molecular weight excluding hydrogens is 390 g/mol. The summed E-state index contributed by atoms with van der Waals surface area (Å²) in [7, 11) is 0. The number of rotatable bonds is 10. The van der Waals surface area contributed by atoms with Crippen molar-refractivity contribution in [1.82, 2.24) is 16.0 Å². The van der Waals surface area contributed by atoms with E-state index in [1.807, 2.05) is 6.07 Å². The van der Waals surface area contributed by atoms with Crippen molar-refractivity contribution in [3.05, 3.63) is 35.9 Å². The highest BCUT2D eigenvalue weighted by Gasteiger charge is 2.28. The first-order valence-corrected chi connectivity index (χ1v) is 9.62. The molecule has 10 nitrogen and oxygen atoms in total. The second-order valence-electron chi connectivity index (χ2n) is 7.77. The van der Waals surface area contributed by atoms with E-state index in [9.17, 15) is 19.5 Å². The molecule has 2 unspecified atom stereocenters. The van der Waals surface area contributed by atoms with Crippen molar-refractivity contribution in [2.24, 2.45) is 5.73 Å². The van der Waals surface area contributed by atoms with Gasteiger partial charge >= 0.3 is 12.1 Å². The molecule has 7 N–H and O–H groups in total. The van der Waals surface area contributed by atoms with Gasteiger partial charge in [-0.15, -0.1) is 0 Å². The van der Waals surface area contributed by atoms with Gasteiger partial charge in [0.15, 0.2) is 5.96 Å². The van der Waals surface area contributed by atoms with Gasteiger partial charge in [0, 0.05) is 13.0 Å². The molecule has 0 saturated carbocycles. The Morgan fingerprint density at radius 1 is 1.13 bits per heavy atom. The number of nitrogens with two attached hydrogens (primary N) is 1. The summed E-state index contributed by atoms with van der Waals surface area (Å²) in [6.45, 7) is 5.41. The molecule has 0 saturated heterocycles. The second-order valence-corrected chi connectivity index (χ2v) is 7.77. The van der Waals surface area contributed by atoms with Crippen LogP contribution < -0.4 is 21.7 Å². The van der Waals surface area contributed by atoms with E-state index < -0.39 is 35.7 Å². The largest absolute Gasteiger partial charge is 0.480 e. The lowest BCUT2D eigenvalue weighted by Crippen LogP contribution is -2.53. The van der Waals surface area contributed by atoms with E-state index in [4.69, 9.17) is 15.9 Å². The molecule has 2 atom stereocenters. The number of carbonyl (C=O) groups is 3. The number of carboxylic acids is 1. The van der Waals surface area contributed by atoms with E-state index in [0.717, 1.165) is 5.56 Å². The smallest absolute Gasteiger partial charge is 0.408 e. The molecule has 0 aromatic heterocycles. The van der Waals surface area contributed by atoms with Gasteiger partial charge in [-0.1, -0.05) is 30.3 Å². The zero-order valence-electron chi connectivity index (χ0n) is 17.5. The third-order valence-corrected chi connectivity index (χ3v) is 3.89. The number of benzene rings is 1. The van der Waals surface area contributed by atoms with Crippen LogP contribution in [0.5, 0.6) is 0 Å². The number of alkyl carbamates (subject to hydrolysis) is 1. The molecule has 166 valence electrons. The average Bonchev–Trinajstić information content (AvgIpc) is 2.62. The van der Waals surface area contributed by atoms with Crippen LogP contribution in [-0.4, -0.2) is 53.3 Å². The molecule has 0 fully saturated rings. The van der Waals surface area contributed by atoms with Gasteiger partial charge in [0.1, 0.15) is 17.7 Å². The van der Waals surface area contributed by atoms with E-state index >= 15 is 0 Å². The minimum atomic E-state index is -1.19. The Kier molecular flexibility index (Phi) is 9.60. The van der Waals surface area contributed by atoms with Crippen LogP contribution in [0.15, 0.2) is 30.3 Å². The van der Waals surface area contributed by atoms with Crippen LogP contribution in [-0.2, 0) is 20.7 Å². The maximum Gasteiger partial charge on any atom is 0.408 e. The first-order chi connectivity index (χ1) is 14.0. The highest BCUT2D eigenvalue weighted by Crippen LogP contribution is 2.09. The Bertz CT molecular complexity index is 733. The molecule has 2 amide bonds. The Hall–Kier alpha value is -3.30. The average molecular weight is 421 g/mol. The number of guanidine groups is 1. The lowest BCUT2D eigenvalue weighted by molar-refractivity contribution is -0.142. The van der Waals surface area contributed by atoms with Crippen LogP contribution in [0.2, 0.25) is 0 Å². The van der Waals surface area contributed by atoms with E-state index in [0.29, 0.717) is 13.0 Å². The summed E-state index contributed by atoms with van der Waals surface area (Å²) < 4.78 is 5.22. The number of nitrogens with one attached hydrogen (secondary N) is 4. The molecule has 0 heterocycles. The third kappa shape index (κ3) is 10.3. The van der Waals surface area contributed by atoms with Gasteiger partial charge in [-0.2, -0.15) is 0 Å². The highest BCUT2D eigenvalue weighted by atomic mass is 16.6. The molecule has 0 bridgehead atoms. The lowest BCUT2D eigenvalue weighted by Gasteiger charge is -2.24. The summed E-state index contributed by atoms with van der Waals surface area (Å²) in [6, 6.07) is 6.89. The van der Waals surface area contributed by atoms with Gasteiger partial charge in [-0.05, 0) is 39.2 Å². The first-order valence-electron chi connectivity index (χ1n) is 9.62. The number of hydrogen-bond acceptors (Lipinski definition) is 5. The molecule has 30 heavy (non-hydrogen) atoms. The summed E-state index contributed by atoms with van der Waals surface area (Å²) in [5, 5.41) is 24.1. The third-order valence-electron chi connectivity index (χ3n) is 3.89. The van der Waals surface area contributed by atoms with Crippen molar-refractivity contribution in [2.45, 2.75) is 57.7 Å². The number of amides is 2. The monoisotopic (exact) mass is 421 g/mol. The highest BCUT2D eigenvalue weighted by molar-refractivity contribution is 5.89. The van der Waals surface area contributed by atoms with Crippen molar-refractivity contribution >= 4 is 23.9 Å². The van der Waals surface area contributed by atoms with Crippen LogP contribution in [0, 0.1) is 5.41 Å². The van der Waals surface area contributed by atoms with Crippen molar-refractivity contribution in [3.63, 3.8) is 0 Å². The summed E-state index contributed by atoms with van der Waals surface area (Å²) in [4.78, 5) is 36.5. The van der Waals surface area contributed by atoms with Gasteiger partial charge in [0.2, 0.25) is 5.91 Å². The molecule has 0 radical (unpaired) electrons. The van der Waals surface area contributed by atoms with Gasteiger partial charge in [0.05, 0.1) is 0 Å². The standard InChI is InChI=1S/C20H31N5O5/c1-20(2,3)30-19(29)25-15(12-13-8-5-4-6-9-13)16(26)24-14(17(27)28)10-7-11-23-18(21)22/h4-6,8-9,14-15H,7,10-12H2,1-3H3,(H,24,26)(H,25,29)(H,27,28)(H4,21,22,23). The topological polar surface area (TPSA) is 167 Å². The van der Waals surface area contributed by atoms with Crippen LogP contribution in [0.4, 0.5) is 4.79 Å². The minimum absolute atomic E-state index is 0.131. The number of carboxylic acid groups (broad SMARTS) is 1. The van der Waals surface area contributed by atoms with E-state index in [1.54, 1.807) is 45.0 Å². The van der Waals surface area contributed by atoms with Crippen LogP contribution in [0.25, 0.3) is 0 Å². The zero-order chi connectivity index (χ0) is 22.7. The number of ether oxygens (including phenoxy) is 1. The van der Waals surface area contributed by atoms with Crippen LogP contribution in [0.1, 0.15) is 39.2 Å². The fourth-order valence-electron chi connectivity index (χ4n) is 2.57. The maximum atomic E-state index is 12.8. The normalized spacial score (nSPS) is 12.9. The van der Waals surface area contributed by atoms with Crippen molar-refractivity contribution in [1.29, 1.82) is 5.41 Å². The minimum Gasteiger partial charge on any atom is -0.480 e. The molecule has 1 rings (SSSR count). The summed E-state index contributed by atoms with van der Waals surface area (Å²) in [5.74, 6) is -2.03. The van der Waals surface area contributed by atoms with Gasteiger partial charge in [-0.25, -0.2) is 9.59 Å². The van der Waals surface area contributed by atoms with Gasteiger partial charge in [-0.3, -0.25) is 10.2 Å². The summed E-state index contributed by atoms with van der Waals surface area (Å²) in [6.07, 6.45) is -0.0912. The Morgan fingerprint density at radius 2 is 1.77 bits per heavy atom. The number of hydrogen-bond donors (Lipinski definition) is 6. The summed E-state index contributed by atoms with van der Waals surface area (Å²) in [5.41, 5.74) is 5.24. The summed E-state index contributed by atoms with van der Waals surface area (Å²) >= 11 is 0. The predicted molar refractivity (Wildman–Crippen MR) is 112 cm³/mol. The second kappa shape index (κ2) is 11.6. The zero-order valence-corrected chi connectivity index (χ0v) is 17.5. The number of carbonyl (C=O) groups excluding carboxylic acids is 2. The fraction of sp³-hybridized carbons (Fsp3) is 0.500. The van der Waals surface area contributed by atoms with Crippen molar-refractivity contribution in [3.8, 4) is 0 Å². The van der Waals surface area contributed by atoms with Gasteiger partial charge in [0.25, 0.3) is 0 Å². The predicted octanol–water partition coefficient (Wildman–Crippen LogP) is 0.955. The SMILES string of the molecule is CC(C)(C)OC(=O)NC(Cc1ccccc1)C(=O)NC(CCCNC(=N)N)C(=O)O. The first kappa shape index (κ1) is 24.7. The molecule has 1 aromatic carbocycles. The van der Waals surface area contributed by atoms with Crippen LogP contribution >= 0.6 is 0 Å². The molecule has 0 aliphatic heterocycles. The van der Waals surface area contributed by atoms with E-state index in [1.165, 1.54) is 0 Å². The fourth-order valence-corrected chi connectivity index (χ4v) is 2.57. The van der Waals surface area contributed by atoms with E-state index in [2.05, 4.69) is 16.0 Å². The Balaban J connectivity index is 2.83.